The number of anilines is 1. The molecule has 0 unspecified atom stereocenters. The first-order chi connectivity index (χ1) is 12.8. The Hall–Kier alpha value is -2.44. The van der Waals surface area contributed by atoms with Crippen molar-refractivity contribution in [3.05, 3.63) is 68.6 Å². The van der Waals surface area contributed by atoms with Gasteiger partial charge in [0.05, 0.1) is 34.2 Å². The van der Waals surface area contributed by atoms with Crippen LogP contribution < -0.4 is 5.32 Å². The summed E-state index contributed by atoms with van der Waals surface area (Å²) in [6.45, 7) is 2.24. The third-order valence-corrected chi connectivity index (χ3v) is 4.62. The van der Waals surface area contributed by atoms with E-state index in [1.54, 1.807) is 13.0 Å². The molecule has 1 aliphatic rings. The predicted molar refractivity (Wildman–Crippen MR) is 99.9 cm³/mol. The summed E-state index contributed by atoms with van der Waals surface area (Å²) in [7, 11) is 0. The molecule has 8 heteroatoms. The summed E-state index contributed by atoms with van der Waals surface area (Å²) in [5.74, 6) is -4.83. The second kappa shape index (κ2) is 7.66. The number of hydrogen-bond donors (Lipinski definition) is 1. The Labute approximate surface area is 163 Å². The van der Waals surface area contributed by atoms with Gasteiger partial charge in [-0.3, -0.25) is 4.79 Å². The maximum absolute atomic E-state index is 13.5. The van der Waals surface area contributed by atoms with Crippen LogP contribution in [0.1, 0.15) is 23.6 Å². The van der Waals surface area contributed by atoms with Crippen molar-refractivity contribution in [2.45, 2.75) is 6.92 Å². The molecule has 1 heterocycles. The van der Waals surface area contributed by atoms with Crippen LogP contribution in [0, 0.1) is 17.5 Å². The Morgan fingerprint density at radius 3 is 2.44 bits per heavy atom. The normalized spacial score (nSPS) is 14.7. The summed E-state index contributed by atoms with van der Waals surface area (Å²) in [6.07, 6.45) is 4.26. The number of carbonyl (C=O) groups excluding carboxylic acids is 1. The zero-order valence-electron chi connectivity index (χ0n) is 13.9. The van der Waals surface area contributed by atoms with Crippen LogP contribution in [0.15, 0.2) is 24.5 Å². The van der Waals surface area contributed by atoms with Crippen LogP contribution in [-0.4, -0.2) is 12.5 Å². The number of halogens is 5. The van der Waals surface area contributed by atoms with E-state index in [1.165, 1.54) is 18.4 Å². The van der Waals surface area contributed by atoms with Crippen LogP contribution in [0.5, 0.6) is 0 Å². The van der Waals surface area contributed by atoms with Crippen LogP contribution in [0.4, 0.5) is 18.9 Å². The summed E-state index contributed by atoms with van der Waals surface area (Å²) in [5, 5.41) is 2.94. The van der Waals surface area contributed by atoms with Crippen molar-refractivity contribution in [1.82, 2.24) is 0 Å². The lowest BCUT2D eigenvalue weighted by molar-refractivity contribution is -0.110. The summed E-state index contributed by atoms with van der Waals surface area (Å²) < 4.78 is 45.3. The van der Waals surface area contributed by atoms with Crippen molar-refractivity contribution in [2.75, 3.05) is 11.9 Å². The maximum atomic E-state index is 13.5. The molecule has 0 radical (unpaired) electrons. The lowest BCUT2D eigenvalue weighted by Crippen LogP contribution is -2.04. The number of benzene rings is 2. The molecule has 3 nitrogen and oxygen atoms in total. The molecule has 2 aromatic carbocycles. The van der Waals surface area contributed by atoms with Gasteiger partial charge in [0.1, 0.15) is 0 Å². The first kappa shape index (κ1) is 19.3. The second-order valence-corrected chi connectivity index (χ2v) is 6.37. The van der Waals surface area contributed by atoms with Gasteiger partial charge in [0.15, 0.2) is 17.5 Å². The molecule has 1 N–H and O–H groups in total. The van der Waals surface area contributed by atoms with E-state index in [4.69, 9.17) is 27.9 Å². The first-order valence-electron chi connectivity index (χ1n) is 7.81. The van der Waals surface area contributed by atoms with Crippen LogP contribution in [0.3, 0.4) is 0 Å². The van der Waals surface area contributed by atoms with Gasteiger partial charge in [-0.05, 0) is 48.4 Å². The standard InChI is InChI=1S/C19H12Cl2F3NO2/c1-2-27-4-3-10-8-12(20)16(21)18-15(10)11(19(26)25-18)5-9-6-13(22)17(24)14(23)7-9/h3-8H,2H2,1H3,(H,25,26)/b4-3-,11-5-. The Kier molecular flexibility index (Phi) is 5.48. The fourth-order valence-electron chi connectivity index (χ4n) is 2.66. The van der Waals surface area contributed by atoms with E-state index in [-0.39, 0.29) is 26.9 Å². The molecule has 0 saturated carbocycles. The van der Waals surface area contributed by atoms with E-state index in [9.17, 15) is 18.0 Å². The molecular weight excluding hydrogens is 402 g/mol. The van der Waals surface area contributed by atoms with Crippen molar-refractivity contribution in [3.63, 3.8) is 0 Å². The predicted octanol–water partition coefficient (Wildman–Crippen LogP) is 5.91. The smallest absolute Gasteiger partial charge is 0.256 e. The minimum atomic E-state index is -1.58. The summed E-state index contributed by atoms with van der Waals surface area (Å²) in [6, 6.07) is 3.13. The van der Waals surface area contributed by atoms with E-state index in [0.29, 0.717) is 17.7 Å². The zero-order chi connectivity index (χ0) is 19.7. The number of ether oxygens (including phenoxy) is 1. The Balaban J connectivity index is 2.19. The monoisotopic (exact) mass is 413 g/mol. The molecule has 0 fully saturated rings. The van der Waals surface area contributed by atoms with Gasteiger partial charge in [0, 0.05) is 5.56 Å². The highest BCUT2D eigenvalue weighted by Crippen LogP contribution is 2.44. The number of rotatable bonds is 4. The topological polar surface area (TPSA) is 38.3 Å². The Bertz CT molecular complexity index is 980. The number of fused-ring (bicyclic) bond motifs is 1. The maximum Gasteiger partial charge on any atom is 0.256 e. The van der Waals surface area contributed by atoms with Crippen LogP contribution in [0.2, 0.25) is 10.0 Å². The van der Waals surface area contributed by atoms with E-state index >= 15 is 0 Å². The third-order valence-electron chi connectivity index (χ3n) is 3.83. The minimum absolute atomic E-state index is 0.0183. The molecular formula is C19H12Cl2F3NO2. The molecule has 1 amide bonds. The van der Waals surface area contributed by atoms with Gasteiger partial charge in [-0.1, -0.05) is 23.2 Å². The van der Waals surface area contributed by atoms with Crippen LogP contribution in [0.25, 0.3) is 17.7 Å². The van der Waals surface area contributed by atoms with Crippen molar-refractivity contribution in [1.29, 1.82) is 0 Å². The van der Waals surface area contributed by atoms with Crippen molar-refractivity contribution < 1.29 is 22.7 Å². The Morgan fingerprint density at radius 1 is 1.15 bits per heavy atom. The number of hydrogen-bond acceptors (Lipinski definition) is 2. The summed E-state index contributed by atoms with van der Waals surface area (Å²) >= 11 is 12.3. The number of carbonyl (C=O) groups is 1. The average molecular weight is 414 g/mol. The summed E-state index contributed by atoms with van der Waals surface area (Å²) in [5.41, 5.74) is 1.27. The second-order valence-electron chi connectivity index (χ2n) is 5.58. The van der Waals surface area contributed by atoms with Crippen molar-refractivity contribution in [3.8, 4) is 0 Å². The fourth-order valence-corrected chi connectivity index (χ4v) is 3.07. The number of amides is 1. The molecule has 27 heavy (non-hydrogen) atoms. The van der Waals surface area contributed by atoms with E-state index < -0.39 is 23.4 Å². The molecule has 2 aromatic rings. The molecule has 0 atom stereocenters. The third kappa shape index (κ3) is 3.68. The zero-order valence-corrected chi connectivity index (χ0v) is 15.4. The fraction of sp³-hybridized carbons (Fsp3) is 0.105. The molecule has 140 valence electrons. The molecule has 0 spiro atoms. The molecule has 3 rings (SSSR count). The highest BCUT2D eigenvalue weighted by molar-refractivity contribution is 6.47. The Morgan fingerprint density at radius 2 is 1.81 bits per heavy atom. The van der Waals surface area contributed by atoms with Gasteiger partial charge < -0.3 is 10.1 Å². The molecule has 0 bridgehead atoms. The van der Waals surface area contributed by atoms with E-state index in [1.807, 2.05) is 0 Å². The van der Waals surface area contributed by atoms with Crippen LogP contribution >= 0.6 is 23.2 Å². The highest BCUT2D eigenvalue weighted by Gasteiger charge is 2.30. The molecule has 0 aromatic heterocycles. The first-order valence-corrected chi connectivity index (χ1v) is 8.57. The molecule has 0 aliphatic carbocycles. The van der Waals surface area contributed by atoms with E-state index in [0.717, 1.165) is 12.1 Å². The average Bonchev–Trinajstić information content (AvgIpc) is 2.94. The number of nitrogens with one attached hydrogen (secondary N) is 1. The van der Waals surface area contributed by atoms with Gasteiger partial charge >= 0.3 is 0 Å². The lowest BCUT2D eigenvalue weighted by atomic mass is 9.98. The highest BCUT2D eigenvalue weighted by atomic mass is 35.5. The van der Waals surface area contributed by atoms with Gasteiger partial charge in [0.2, 0.25) is 0 Å². The van der Waals surface area contributed by atoms with Crippen molar-refractivity contribution >= 4 is 52.5 Å². The summed E-state index contributed by atoms with van der Waals surface area (Å²) in [4.78, 5) is 12.4. The largest absolute Gasteiger partial charge is 0.501 e. The van der Waals surface area contributed by atoms with Gasteiger partial charge in [0.25, 0.3) is 5.91 Å². The van der Waals surface area contributed by atoms with Gasteiger partial charge in [-0.15, -0.1) is 0 Å². The van der Waals surface area contributed by atoms with E-state index in [2.05, 4.69) is 5.32 Å². The van der Waals surface area contributed by atoms with Gasteiger partial charge in [-0.25, -0.2) is 13.2 Å². The lowest BCUT2D eigenvalue weighted by Gasteiger charge is -2.09. The minimum Gasteiger partial charge on any atom is -0.501 e. The SMILES string of the molecule is CCO/C=C\c1cc(Cl)c(Cl)c2c1/C(=C/c1cc(F)c(F)c(F)c1)C(=O)N2. The van der Waals surface area contributed by atoms with Crippen LogP contribution in [-0.2, 0) is 9.53 Å². The molecule has 0 saturated heterocycles. The van der Waals surface area contributed by atoms with Gasteiger partial charge in [-0.2, -0.15) is 0 Å². The van der Waals surface area contributed by atoms with Crippen molar-refractivity contribution in [2.24, 2.45) is 0 Å². The molecule has 1 aliphatic heterocycles. The quantitative estimate of drug-likeness (QED) is 0.384.